The molecule has 0 radical (unpaired) electrons. The van der Waals surface area contributed by atoms with Gasteiger partial charge in [0.2, 0.25) is 0 Å². The molecule has 0 atom stereocenters. The number of carbonyl (C=O) groups excluding carboxylic acids is 1. The molecule has 1 N–H and O–H groups in total. The van der Waals surface area contributed by atoms with Crippen LogP contribution in [0.3, 0.4) is 0 Å². The monoisotopic (exact) mass is 429 g/mol. The quantitative estimate of drug-likeness (QED) is 0.582. The topological polar surface area (TPSA) is 56.2 Å². The first-order valence-corrected chi connectivity index (χ1v) is 8.58. The zero-order valence-electron chi connectivity index (χ0n) is 14.0. The molecule has 3 rings (SSSR count). The maximum Gasteiger partial charge on any atom is 0.418 e. The standard InChI is InChI=1S/C18H12Cl2F3N3O2/c19-11-5-6-16(13(20)9-11)28-10-26-8-7-15(25-26)17(27)24-14-4-2-1-3-12(14)18(21,22)23/h1-9H,10H2,(H,24,27). The molecule has 0 spiro atoms. The highest BCUT2D eigenvalue weighted by Crippen LogP contribution is 2.34. The highest BCUT2D eigenvalue weighted by atomic mass is 35.5. The SMILES string of the molecule is O=C(Nc1ccccc1C(F)(F)F)c1ccn(COc2ccc(Cl)cc2Cl)n1. The Balaban J connectivity index is 1.68. The second-order valence-electron chi connectivity index (χ2n) is 5.59. The molecule has 0 aliphatic heterocycles. The number of aromatic nitrogens is 2. The average molecular weight is 430 g/mol. The molecule has 28 heavy (non-hydrogen) atoms. The fraction of sp³-hybridized carbons (Fsp3) is 0.111. The summed E-state index contributed by atoms with van der Waals surface area (Å²) < 4.78 is 45.8. The summed E-state index contributed by atoms with van der Waals surface area (Å²) in [6.45, 7) is -0.0617. The van der Waals surface area contributed by atoms with Gasteiger partial charge in [-0.2, -0.15) is 18.3 Å². The van der Waals surface area contributed by atoms with Gasteiger partial charge in [0.15, 0.2) is 12.4 Å². The number of hydrogen-bond donors (Lipinski definition) is 1. The first-order chi connectivity index (χ1) is 13.2. The van der Waals surface area contributed by atoms with Gasteiger partial charge >= 0.3 is 6.18 Å². The van der Waals surface area contributed by atoms with E-state index in [1.807, 2.05) is 0 Å². The second kappa shape index (κ2) is 8.12. The molecule has 1 aromatic heterocycles. The number of ether oxygens (including phenoxy) is 1. The molecular weight excluding hydrogens is 418 g/mol. The molecular formula is C18H12Cl2F3N3O2. The molecule has 2 aromatic carbocycles. The first kappa shape index (κ1) is 20.0. The van der Waals surface area contributed by atoms with Crippen LogP contribution in [0.15, 0.2) is 54.7 Å². The fourth-order valence-corrected chi connectivity index (χ4v) is 2.77. The lowest BCUT2D eigenvalue weighted by atomic mass is 10.1. The zero-order chi connectivity index (χ0) is 20.3. The van der Waals surface area contributed by atoms with E-state index in [1.54, 1.807) is 12.1 Å². The van der Waals surface area contributed by atoms with Crippen LogP contribution >= 0.6 is 23.2 Å². The van der Waals surface area contributed by atoms with Crippen molar-refractivity contribution in [2.75, 3.05) is 5.32 Å². The van der Waals surface area contributed by atoms with E-state index in [2.05, 4.69) is 10.4 Å². The highest BCUT2D eigenvalue weighted by molar-refractivity contribution is 6.35. The maximum atomic E-state index is 13.0. The van der Waals surface area contributed by atoms with Gasteiger partial charge in [0.1, 0.15) is 5.75 Å². The third-order valence-corrected chi connectivity index (χ3v) is 4.13. The molecule has 0 aliphatic rings. The summed E-state index contributed by atoms with van der Waals surface area (Å²) >= 11 is 11.8. The summed E-state index contributed by atoms with van der Waals surface area (Å²) in [6.07, 6.45) is -3.14. The lowest BCUT2D eigenvalue weighted by Crippen LogP contribution is -2.17. The molecule has 10 heteroatoms. The summed E-state index contributed by atoms with van der Waals surface area (Å²) in [6, 6.07) is 10.7. The third-order valence-electron chi connectivity index (χ3n) is 3.60. The van der Waals surface area contributed by atoms with Gasteiger partial charge in [0, 0.05) is 11.2 Å². The van der Waals surface area contributed by atoms with E-state index < -0.39 is 17.6 Å². The summed E-state index contributed by atoms with van der Waals surface area (Å²) in [7, 11) is 0. The van der Waals surface area contributed by atoms with Crippen LogP contribution in [-0.2, 0) is 12.9 Å². The van der Waals surface area contributed by atoms with Gasteiger partial charge in [-0.05, 0) is 36.4 Å². The normalized spacial score (nSPS) is 11.3. The molecule has 0 unspecified atom stereocenters. The van der Waals surface area contributed by atoms with Crippen LogP contribution < -0.4 is 10.1 Å². The Morgan fingerprint density at radius 2 is 1.89 bits per heavy atom. The van der Waals surface area contributed by atoms with Crippen molar-refractivity contribution in [3.05, 3.63) is 76.0 Å². The largest absolute Gasteiger partial charge is 0.470 e. The van der Waals surface area contributed by atoms with Crippen LogP contribution in [0.1, 0.15) is 16.1 Å². The molecule has 1 amide bonds. The maximum absolute atomic E-state index is 13.0. The van der Waals surface area contributed by atoms with Gasteiger partial charge in [-0.3, -0.25) is 4.79 Å². The Morgan fingerprint density at radius 1 is 1.14 bits per heavy atom. The van der Waals surface area contributed by atoms with Crippen LogP contribution in [0.2, 0.25) is 10.0 Å². The van der Waals surface area contributed by atoms with Crippen molar-refractivity contribution >= 4 is 34.8 Å². The van der Waals surface area contributed by atoms with Gasteiger partial charge < -0.3 is 10.1 Å². The van der Waals surface area contributed by atoms with Crippen LogP contribution in [0.5, 0.6) is 5.75 Å². The van der Waals surface area contributed by atoms with Gasteiger partial charge in [-0.1, -0.05) is 35.3 Å². The van der Waals surface area contributed by atoms with Crippen molar-refractivity contribution in [1.29, 1.82) is 0 Å². The van der Waals surface area contributed by atoms with Gasteiger partial charge in [-0.15, -0.1) is 0 Å². The number of anilines is 1. The van der Waals surface area contributed by atoms with Crippen molar-refractivity contribution in [3.8, 4) is 5.75 Å². The molecule has 3 aromatic rings. The Labute approximate surface area is 167 Å². The Hall–Kier alpha value is -2.71. The van der Waals surface area contributed by atoms with E-state index >= 15 is 0 Å². The first-order valence-electron chi connectivity index (χ1n) is 7.83. The molecule has 0 bridgehead atoms. The van der Waals surface area contributed by atoms with Crippen molar-refractivity contribution in [2.24, 2.45) is 0 Å². The second-order valence-corrected chi connectivity index (χ2v) is 6.43. The molecule has 0 saturated carbocycles. The molecule has 146 valence electrons. The number of alkyl halides is 3. The number of carbonyl (C=O) groups is 1. The molecule has 1 heterocycles. The molecule has 0 aliphatic carbocycles. The number of rotatable bonds is 5. The van der Waals surface area contributed by atoms with Crippen molar-refractivity contribution in [1.82, 2.24) is 9.78 Å². The molecule has 0 fully saturated rings. The summed E-state index contributed by atoms with van der Waals surface area (Å²) in [5, 5.41) is 6.97. The van der Waals surface area contributed by atoms with E-state index in [0.29, 0.717) is 15.8 Å². The van der Waals surface area contributed by atoms with Crippen molar-refractivity contribution in [2.45, 2.75) is 12.9 Å². The van der Waals surface area contributed by atoms with Gasteiger partial charge in [0.05, 0.1) is 16.3 Å². The number of nitrogens with zero attached hydrogens (tertiary/aromatic N) is 2. The summed E-state index contributed by atoms with van der Waals surface area (Å²) in [5.41, 5.74) is -1.36. The van der Waals surface area contributed by atoms with Crippen LogP contribution in [-0.4, -0.2) is 15.7 Å². The predicted octanol–water partition coefficient (Wildman–Crippen LogP) is 5.50. The average Bonchev–Trinajstić information content (AvgIpc) is 3.10. The lowest BCUT2D eigenvalue weighted by Gasteiger charge is -2.12. The van der Waals surface area contributed by atoms with Crippen LogP contribution in [0.4, 0.5) is 18.9 Å². The van der Waals surface area contributed by atoms with Gasteiger partial charge in [-0.25, -0.2) is 4.68 Å². The van der Waals surface area contributed by atoms with Gasteiger partial charge in [0.25, 0.3) is 5.91 Å². The number of hydrogen-bond acceptors (Lipinski definition) is 3. The third kappa shape index (κ3) is 4.76. The summed E-state index contributed by atoms with van der Waals surface area (Å²) in [5.74, 6) is -0.411. The van der Waals surface area contributed by atoms with E-state index in [0.717, 1.165) is 6.07 Å². The smallest absolute Gasteiger partial charge is 0.418 e. The molecule has 5 nitrogen and oxygen atoms in total. The zero-order valence-corrected chi connectivity index (χ0v) is 15.5. The number of amides is 1. The number of benzene rings is 2. The number of nitrogens with one attached hydrogen (secondary N) is 1. The van der Waals surface area contributed by atoms with Crippen molar-refractivity contribution in [3.63, 3.8) is 0 Å². The summed E-state index contributed by atoms with van der Waals surface area (Å²) in [4.78, 5) is 12.2. The molecule has 0 saturated heterocycles. The fourth-order valence-electron chi connectivity index (χ4n) is 2.31. The van der Waals surface area contributed by atoms with E-state index in [4.69, 9.17) is 27.9 Å². The van der Waals surface area contributed by atoms with E-state index in [-0.39, 0.29) is 18.1 Å². The van der Waals surface area contributed by atoms with E-state index in [9.17, 15) is 18.0 Å². The van der Waals surface area contributed by atoms with Crippen LogP contribution in [0, 0.1) is 0 Å². The Morgan fingerprint density at radius 3 is 2.61 bits per heavy atom. The predicted molar refractivity (Wildman–Crippen MR) is 98.7 cm³/mol. The highest BCUT2D eigenvalue weighted by Gasteiger charge is 2.33. The number of para-hydroxylation sites is 1. The Kier molecular flexibility index (Phi) is 5.81. The lowest BCUT2D eigenvalue weighted by molar-refractivity contribution is -0.136. The van der Waals surface area contributed by atoms with E-state index in [1.165, 1.54) is 41.2 Å². The number of halogens is 5. The van der Waals surface area contributed by atoms with Crippen molar-refractivity contribution < 1.29 is 22.7 Å². The Bertz CT molecular complexity index is 1010. The minimum absolute atomic E-state index is 0.0617. The minimum Gasteiger partial charge on any atom is -0.470 e. The van der Waals surface area contributed by atoms with Crippen LogP contribution in [0.25, 0.3) is 0 Å². The minimum atomic E-state index is -4.59.